The maximum absolute atomic E-state index is 12.2. The van der Waals surface area contributed by atoms with E-state index in [2.05, 4.69) is 4.72 Å². The Labute approximate surface area is 116 Å². The molecule has 0 spiro atoms. The van der Waals surface area contributed by atoms with Gasteiger partial charge in [-0.1, -0.05) is 18.9 Å². The summed E-state index contributed by atoms with van der Waals surface area (Å²) < 4.78 is 26.8. The van der Waals surface area contributed by atoms with Crippen LogP contribution in [0.15, 0.2) is 29.2 Å². The molecule has 1 fully saturated rings. The van der Waals surface area contributed by atoms with Crippen molar-refractivity contribution in [3.05, 3.63) is 34.4 Å². The van der Waals surface area contributed by atoms with Gasteiger partial charge in [-0.05, 0) is 18.9 Å². The Morgan fingerprint density at radius 2 is 2.00 bits per heavy atom. The molecular formula is C12H16N2O5S. The Bertz CT molecular complexity index is 602. The lowest BCUT2D eigenvalue weighted by atomic mass is 9.93. The summed E-state index contributed by atoms with van der Waals surface area (Å²) in [6, 6.07) is 4.33. The maximum Gasteiger partial charge on any atom is 0.270 e. The molecule has 110 valence electrons. The molecule has 0 saturated heterocycles. The van der Waals surface area contributed by atoms with Crippen molar-refractivity contribution < 1.29 is 18.4 Å². The van der Waals surface area contributed by atoms with Crippen LogP contribution < -0.4 is 4.72 Å². The van der Waals surface area contributed by atoms with Crippen molar-refractivity contribution in [2.24, 2.45) is 0 Å². The molecule has 0 aliphatic heterocycles. The standard InChI is InChI=1S/C12H16N2O5S/c15-12-7-2-1-6-11(12)13-20(18,19)10-5-3-4-9(8-10)14(16)17/h3-5,8,11-13,15H,1-2,6-7H2. The molecule has 0 bridgehead atoms. The van der Waals surface area contributed by atoms with E-state index < -0.39 is 27.1 Å². The zero-order chi connectivity index (χ0) is 14.8. The van der Waals surface area contributed by atoms with E-state index in [4.69, 9.17) is 0 Å². The largest absolute Gasteiger partial charge is 0.391 e. The highest BCUT2D eigenvalue weighted by molar-refractivity contribution is 7.89. The monoisotopic (exact) mass is 300 g/mol. The van der Waals surface area contributed by atoms with Gasteiger partial charge < -0.3 is 5.11 Å². The number of nitrogens with one attached hydrogen (secondary N) is 1. The second kappa shape index (κ2) is 5.86. The fourth-order valence-corrected chi connectivity index (χ4v) is 3.62. The fraction of sp³-hybridized carbons (Fsp3) is 0.500. The molecule has 1 aromatic carbocycles. The van der Waals surface area contributed by atoms with E-state index in [9.17, 15) is 23.6 Å². The van der Waals surface area contributed by atoms with Gasteiger partial charge in [-0.15, -0.1) is 0 Å². The molecule has 1 saturated carbocycles. The third-order valence-electron chi connectivity index (χ3n) is 3.37. The van der Waals surface area contributed by atoms with Crippen molar-refractivity contribution in [2.75, 3.05) is 0 Å². The Balaban J connectivity index is 2.21. The van der Waals surface area contributed by atoms with Crippen LogP contribution in [0.4, 0.5) is 5.69 Å². The highest BCUT2D eigenvalue weighted by atomic mass is 32.2. The maximum atomic E-state index is 12.2. The SMILES string of the molecule is O=[N+]([O-])c1cccc(S(=O)(=O)NC2CCCCC2O)c1. The van der Waals surface area contributed by atoms with Crippen LogP contribution in [0.2, 0.25) is 0 Å². The molecule has 7 nitrogen and oxygen atoms in total. The number of nitro benzene ring substituents is 1. The normalized spacial score (nSPS) is 23.4. The summed E-state index contributed by atoms with van der Waals surface area (Å²) in [5.41, 5.74) is -0.280. The van der Waals surface area contributed by atoms with Crippen LogP contribution in [0.3, 0.4) is 0 Å². The van der Waals surface area contributed by atoms with Gasteiger partial charge in [-0.3, -0.25) is 10.1 Å². The van der Waals surface area contributed by atoms with Crippen LogP contribution >= 0.6 is 0 Å². The van der Waals surface area contributed by atoms with Crippen LogP contribution in [0.25, 0.3) is 0 Å². The van der Waals surface area contributed by atoms with Gasteiger partial charge in [-0.2, -0.15) is 0 Å². The quantitative estimate of drug-likeness (QED) is 0.641. The molecule has 2 rings (SSSR count). The van der Waals surface area contributed by atoms with Gasteiger partial charge in [0.1, 0.15) is 0 Å². The lowest BCUT2D eigenvalue weighted by Gasteiger charge is -2.28. The number of aliphatic hydroxyl groups excluding tert-OH is 1. The van der Waals surface area contributed by atoms with Crippen LogP contribution in [0.5, 0.6) is 0 Å². The number of hydrogen-bond acceptors (Lipinski definition) is 5. The number of rotatable bonds is 4. The first-order valence-electron chi connectivity index (χ1n) is 6.35. The molecule has 0 aromatic heterocycles. The molecule has 0 amide bonds. The predicted molar refractivity (Wildman–Crippen MR) is 71.7 cm³/mol. The second-order valence-electron chi connectivity index (χ2n) is 4.83. The Kier molecular flexibility index (Phi) is 4.36. The first-order chi connectivity index (χ1) is 9.40. The van der Waals surface area contributed by atoms with Crippen molar-refractivity contribution in [1.29, 1.82) is 0 Å². The average molecular weight is 300 g/mol. The van der Waals surface area contributed by atoms with E-state index in [-0.39, 0.29) is 10.6 Å². The number of non-ortho nitro benzene ring substituents is 1. The molecule has 20 heavy (non-hydrogen) atoms. The molecule has 2 unspecified atom stereocenters. The summed E-state index contributed by atoms with van der Waals surface area (Å²) in [4.78, 5) is 9.87. The molecule has 2 atom stereocenters. The Morgan fingerprint density at radius 3 is 2.65 bits per heavy atom. The topological polar surface area (TPSA) is 110 Å². The van der Waals surface area contributed by atoms with E-state index in [0.29, 0.717) is 12.8 Å². The Morgan fingerprint density at radius 1 is 1.30 bits per heavy atom. The summed E-state index contributed by atoms with van der Waals surface area (Å²) in [6.45, 7) is 0. The minimum atomic E-state index is -3.86. The van der Waals surface area contributed by atoms with Crippen LogP contribution in [-0.4, -0.2) is 30.6 Å². The first-order valence-corrected chi connectivity index (χ1v) is 7.83. The lowest BCUT2D eigenvalue weighted by molar-refractivity contribution is -0.385. The molecule has 2 N–H and O–H groups in total. The first kappa shape index (κ1) is 14.9. The molecule has 1 aromatic rings. The van der Waals surface area contributed by atoms with Crippen molar-refractivity contribution in [3.8, 4) is 0 Å². The zero-order valence-corrected chi connectivity index (χ0v) is 11.5. The molecule has 1 aliphatic carbocycles. The van der Waals surface area contributed by atoms with Gasteiger partial charge in [0.05, 0.1) is 15.9 Å². The van der Waals surface area contributed by atoms with Crippen LogP contribution in [-0.2, 0) is 10.0 Å². The second-order valence-corrected chi connectivity index (χ2v) is 6.55. The van der Waals surface area contributed by atoms with Gasteiger partial charge in [-0.25, -0.2) is 13.1 Å². The fourth-order valence-electron chi connectivity index (χ4n) is 2.28. The van der Waals surface area contributed by atoms with Gasteiger partial charge >= 0.3 is 0 Å². The minimum Gasteiger partial charge on any atom is -0.391 e. The number of aliphatic hydroxyl groups is 1. The van der Waals surface area contributed by atoms with Crippen molar-refractivity contribution in [2.45, 2.75) is 42.7 Å². The van der Waals surface area contributed by atoms with Crippen molar-refractivity contribution in [1.82, 2.24) is 4.72 Å². The minimum absolute atomic E-state index is 0.163. The number of benzene rings is 1. The third kappa shape index (κ3) is 3.33. The average Bonchev–Trinajstić information content (AvgIpc) is 2.41. The van der Waals surface area contributed by atoms with E-state index >= 15 is 0 Å². The number of hydrogen-bond donors (Lipinski definition) is 2. The van der Waals surface area contributed by atoms with Gasteiger partial charge in [0.15, 0.2) is 0 Å². The molecule has 1 aliphatic rings. The summed E-state index contributed by atoms with van der Waals surface area (Å²) in [6.07, 6.45) is 2.13. The zero-order valence-electron chi connectivity index (χ0n) is 10.7. The molecule has 0 heterocycles. The molecule has 0 radical (unpaired) electrons. The van der Waals surface area contributed by atoms with Gasteiger partial charge in [0, 0.05) is 18.2 Å². The van der Waals surface area contributed by atoms with Crippen molar-refractivity contribution >= 4 is 15.7 Å². The van der Waals surface area contributed by atoms with Crippen LogP contribution in [0.1, 0.15) is 25.7 Å². The summed E-state index contributed by atoms with van der Waals surface area (Å²) >= 11 is 0. The Hall–Kier alpha value is -1.51. The number of sulfonamides is 1. The summed E-state index contributed by atoms with van der Waals surface area (Å²) in [7, 11) is -3.86. The van der Waals surface area contributed by atoms with E-state index in [1.165, 1.54) is 18.2 Å². The third-order valence-corrected chi connectivity index (χ3v) is 4.86. The van der Waals surface area contributed by atoms with E-state index in [0.717, 1.165) is 18.9 Å². The summed E-state index contributed by atoms with van der Waals surface area (Å²) in [5, 5.41) is 20.5. The predicted octanol–water partition coefficient (Wildman–Crippen LogP) is 1.18. The highest BCUT2D eigenvalue weighted by Crippen LogP contribution is 2.22. The van der Waals surface area contributed by atoms with E-state index in [1.54, 1.807) is 0 Å². The number of nitro groups is 1. The van der Waals surface area contributed by atoms with E-state index in [1.807, 2.05) is 0 Å². The van der Waals surface area contributed by atoms with Crippen molar-refractivity contribution in [3.63, 3.8) is 0 Å². The molecular weight excluding hydrogens is 284 g/mol. The molecule has 8 heteroatoms. The van der Waals surface area contributed by atoms with Crippen LogP contribution in [0, 0.1) is 10.1 Å². The highest BCUT2D eigenvalue weighted by Gasteiger charge is 2.28. The summed E-state index contributed by atoms with van der Waals surface area (Å²) in [5.74, 6) is 0. The van der Waals surface area contributed by atoms with Gasteiger partial charge in [0.2, 0.25) is 10.0 Å². The van der Waals surface area contributed by atoms with Gasteiger partial charge in [0.25, 0.3) is 5.69 Å². The smallest absolute Gasteiger partial charge is 0.270 e. The lowest BCUT2D eigenvalue weighted by Crippen LogP contribution is -2.44. The number of nitrogens with zero attached hydrogens (tertiary/aromatic N) is 1.